The quantitative estimate of drug-likeness (QED) is 0.896. The van der Waals surface area contributed by atoms with Gasteiger partial charge in [-0.1, -0.05) is 0 Å². The molecule has 0 aliphatic heterocycles. The summed E-state index contributed by atoms with van der Waals surface area (Å²) in [5.74, 6) is -0.708. The van der Waals surface area contributed by atoms with Crippen LogP contribution in [-0.2, 0) is 0 Å². The number of methoxy groups -OCH3 is 1. The molecule has 0 radical (unpaired) electrons. The highest BCUT2D eigenvalue weighted by atomic mass is 16.5. The Bertz CT molecular complexity index is 815. The largest absolute Gasteiger partial charge is 0.496 e. The van der Waals surface area contributed by atoms with E-state index < -0.39 is 11.5 Å². The van der Waals surface area contributed by atoms with Crippen LogP contribution in [0.25, 0.3) is 11.1 Å². The summed E-state index contributed by atoms with van der Waals surface area (Å²) in [7, 11) is 1.44. The van der Waals surface area contributed by atoms with Crippen LogP contribution in [0.1, 0.15) is 21.6 Å². The molecule has 0 saturated heterocycles. The van der Waals surface area contributed by atoms with E-state index in [1.54, 1.807) is 13.0 Å². The van der Waals surface area contributed by atoms with Crippen LogP contribution in [0.3, 0.4) is 0 Å². The van der Waals surface area contributed by atoms with Crippen molar-refractivity contribution >= 4 is 5.97 Å². The van der Waals surface area contributed by atoms with Crippen LogP contribution in [0, 0.1) is 18.3 Å². The summed E-state index contributed by atoms with van der Waals surface area (Å²) in [6, 6.07) is 7.74. The normalized spacial score (nSPS) is 9.95. The fourth-order valence-corrected chi connectivity index (χ4v) is 2.06. The fourth-order valence-electron chi connectivity index (χ4n) is 2.06. The lowest BCUT2D eigenvalue weighted by Gasteiger charge is -2.11. The van der Waals surface area contributed by atoms with Gasteiger partial charge in [0.15, 0.2) is 0 Å². The summed E-state index contributed by atoms with van der Waals surface area (Å²) >= 11 is 0. The van der Waals surface area contributed by atoms with Crippen molar-refractivity contribution in [1.82, 2.24) is 4.98 Å². The second-order valence-electron chi connectivity index (χ2n) is 4.40. The lowest BCUT2D eigenvalue weighted by Crippen LogP contribution is -2.13. The minimum absolute atomic E-state index is 0.0487. The number of ether oxygens (including phenoxy) is 1. The summed E-state index contributed by atoms with van der Waals surface area (Å²) in [5, 5.41) is 18.2. The zero-order valence-electron chi connectivity index (χ0n) is 11.4. The molecule has 0 spiro atoms. The highest BCUT2D eigenvalue weighted by Crippen LogP contribution is 2.32. The molecule has 21 heavy (non-hydrogen) atoms. The number of nitriles is 1. The van der Waals surface area contributed by atoms with Crippen molar-refractivity contribution < 1.29 is 14.6 Å². The summed E-state index contributed by atoms with van der Waals surface area (Å²) < 4.78 is 5.20. The second kappa shape index (κ2) is 5.51. The number of carbonyl (C=O) groups is 1. The van der Waals surface area contributed by atoms with Gasteiger partial charge in [0.2, 0.25) is 0 Å². The number of carboxylic acid groups (broad SMARTS) is 1. The van der Waals surface area contributed by atoms with Crippen molar-refractivity contribution in [2.24, 2.45) is 0 Å². The molecule has 2 rings (SSSR count). The Kier molecular flexibility index (Phi) is 3.76. The molecule has 2 aromatic rings. The number of nitrogens with zero attached hydrogens (tertiary/aromatic N) is 1. The maximum Gasteiger partial charge on any atom is 0.335 e. The van der Waals surface area contributed by atoms with Gasteiger partial charge in [0.1, 0.15) is 17.4 Å². The molecule has 1 aromatic heterocycles. The van der Waals surface area contributed by atoms with E-state index in [9.17, 15) is 9.59 Å². The van der Waals surface area contributed by atoms with E-state index in [1.807, 2.05) is 6.07 Å². The first-order valence-electron chi connectivity index (χ1n) is 6.03. The topological polar surface area (TPSA) is 103 Å². The third-order valence-electron chi connectivity index (χ3n) is 3.02. The molecule has 0 aliphatic carbocycles. The monoisotopic (exact) mass is 284 g/mol. The molecule has 106 valence electrons. The third-order valence-corrected chi connectivity index (χ3v) is 3.02. The van der Waals surface area contributed by atoms with E-state index in [2.05, 4.69) is 4.98 Å². The van der Waals surface area contributed by atoms with Crippen molar-refractivity contribution in [1.29, 1.82) is 5.26 Å². The van der Waals surface area contributed by atoms with E-state index in [1.165, 1.54) is 25.3 Å². The molecule has 0 fully saturated rings. The molecular weight excluding hydrogens is 272 g/mol. The summed E-state index contributed by atoms with van der Waals surface area (Å²) in [6.07, 6.45) is 0. The van der Waals surface area contributed by atoms with Crippen LogP contribution in [0.2, 0.25) is 0 Å². The van der Waals surface area contributed by atoms with Crippen LogP contribution in [0.4, 0.5) is 0 Å². The number of pyridine rings is 1. The van der Waals surface area contributed by atoms with Gasteiger partial charge in [-0.25, -0.2) is 4.79 Å². The van der Waals surface area contributed by atoms with Crippen LogP contribution < -0.4 is 10.3 Å². The van der Waals surface area contributed by atoms with Gasteiger partial charge in [0.25, 0.3) is 5.56 Å². The molecule has 1 aromatic carbocycles. The molecular formula is C15H12N2O4. The van der Waals surface area contributed by atoms with Gasteiger partial charge in [-0.2, -0.15) is 5.26 Å². The molecule has 0 amide bonds. The Morgan fingerprint density at radius 1 is 1.33 bits per heavy atom. The Morgan fingerprint density at radius 3 is 2.62 bits per heavy atom. The lowest BCUT2D eigenvalue weighted by atomic mass is 9.98. The van der Waals surface area contributed by atoms with Gasteiger partial charge in [-0.05, 0) is 31.2 Å². The predicted octanol–water partition coefficient (Wildman–Crippen LogP) is 1.93. The fraction of sp³-hybridized carbons (Fsp3) is 0.133. The average Bonchev–Trinajstić information content (AvgIpc) is 2.45. The van der Waals surface area contributed by atoms with E-state index >= 15 is 0 Å². The minimum Gasteiger partial charge on any atom is -0.496 e. The number of hydrogen-bond acceptors (Lipinski definition) is 4. The number of benzene rings is 1. The number of H-pyrrole nitrogens is 1. The van der Waals surface area contributed by atoms with Crippen molar-refractivity contribution in [2.45, 2.75) is 6.92 Å². The molecule has 0 unspecified atom stereocenters. The highest BCUT2D eigenvalue weighted by Gasteiger charge is 2.16. The van der Waals surface area contributed by atoms with E-state index in [0.29, 0.717) is 22.6 Å². The first-order chi connectivity index (χ1) is 9.97. The molecule has 6 nitrogen and oxygen atoms in total. The second-order valence-corrected chi connectivity index (χ2v) is 4.40. The highest BCUT2D eigenvalue weighted by molar-refractivity contribution is 5.91. The van der Waals surface area contributed by atoms with Gasteiger partial charge < -0.3 is 14.8 Å². The van der Waals surface area contributed by atoms with E-state index in [4.69, 9.17) is 15.1 Å². The zero-order valence-corrected chi connectivity index (χ0v) is 11.4. The van der Waals surface area contributed by atoms with Crippen LogP contribution >= 0.6 is 0 Å². The molecule has 0 aliphatic rings. The predicted molar refractivity (Wildman–Crippen MR) is 75.5 cm³/mol. The molecule has 2 N–H and O–H groups in total. The first-order valence-corrected chi connectivity index (χ1v) is 6.03. The third kappa shape index (κ3) is 2.62. The summed E-state index contributed by atoms with van der Waals surface area (Å²) in [4.78, 5) is 25.5. The number of rotatable bonds is 3. The standard InChI is InChI=1S/C15H12N2O4/c1-8-5-10(12(7-16)14(18)17-8)11-6-9(15(19)20)3-4-13(11)21-2/h3-6H,1-2H3,(H,17,18)(H,19,20). The Hall–Kier alpha value is -3.07. The van der Waals surface area contributed by atoms with E-state index in [0.717, 1.165) is 0 Å². The van der Waals surface area contributed by atoms with Gasteiger partial charge in [-0.15, -0.1) is 0 Å². The van der Waals surface area contributed by atoms with Crippen molar-refractivity contribution in [3.05, 3.63) is 51.4 Å². The lowest BCUT2D eigenvalue weighted by molar-refractivity contribution is 0.0697. The number of aromatic nitrogens is 1. The Balaban J connectivity index is 2.83. The zero-order chi connectivity index (χ0) is 15.6. The maximum absolute atomic E-state index is 11.8. The molecule has 6 heteroatoms. The maximum atomic E-state index is 11.8. The number of aryl methyl sites for hydroxylation is 1. The number of aromatic amines is 1. The number of nitrogens with one attached hydrogen (secondary N) is 1. The molecule has 0 bridgehead atoms. The summed E-state index contributed by atoms with van der Waals surface area (Å²) in [5.41, 5.74) is 0.753. The average molecular weight is 284 g/mol. The summed E-state index contributed by atoms with van der Waals surface area (Å²) in [6.45, 7) is 1.68. The smallest absolute Gasteiger partial charge is 0.335 e. The van der Waals surface area contributed by atoms with Gasteiger partial charge in [-0.3, -0.25) is 4.79 Å². The molecule has 0 saturated carbocycles. The number of hydrogen-bond donors (Lipinski definition) is 2. The Labute approximate surface area is 120 Å². The van der Waals surface area contributed by atoms with E-state index in [-0.39, 0.29) is 11.1 Å². The van der Waals surface area contributed by atoms with Gasteiger partial charge in [0, 0.05) is 16.8 Å². The van der Waals surface area contributed by atoms with Crippen LogP contribution in [0.5, 0.6) is 5.75 Å². The molecule has 0 atom stereocenters. The van der Waals surface area contributed by atoms with Crippen molar-refractivity contribution in [2.75, 3.05) is 7.11 Å². The SMILES string of the molecule is COc1ccc(C(=O)O)cc1-c1cc(C)[nH]c(=O)c1C#N. The minimum atomic E-state index is -1.10. The van der Waals surface area contributed by atoms with Gasteiger partial charge in [0.05, 0.1) is 12.7 Å². The number of aromatic carboxylic acids is 1. The van der Waals surface area contributed by atoms with Crippen LogP contribution in [-0.4, -0.2) is 23.2 Å². The van der Waals surface area contributed by atoms with Crippen molar-refractivity contribution in [3.63, 3.8) is 0 Å². The molecule has 1 heterocycles. The van der Waals surface area contributed by atoms with Crippen LogP contribution in [0.15, 0.2) is 29.1 Å². The Morgan fingerprint density at radius 2 is 2.05 bits per heavy atom. The van der Waals surface area contributed by atoms with Gasteiger partial charge >= 0.3 is 5.97 Å². The van der Waals surface area contributed by atoms with Crippen molar-refractivity contribution in [3.8, 4) is 22.9 Å². The first kappa shape index (κ1) is 14.3. The number of carboxylic acids is 1.